The highest BCUT2D eigenvalue weighted by Gasteiger charge is 2.03. The van der Waals surface area contributed by atoms with Crippen LogP contribution < -0.4 is 0 Å². The Morgan fingerprint density at radius 1 is 0.333 bits per heavy atom. The number of ether oxygens (including phenoxy) is 2. The summed E-state index contributed by atoms with van der Waals surface area (Å²) >= 11 is 0. The fourth-order valence-electron chi connectivity index (χ4n) is 5.91. The summed E-state index contributed by atoms with van der Waals surface area (Å²) in [5.74, 6) is -0.0255. The third-order valence-electron chi connectivity index (χ3n) is 8.82. The van der Waals surface area contributed by atoms with Gasteiger partial charge in [0.2, 0.25) is 0 Å². The Balaban J connectivity index is 3.13. The molecule has 0 heterocycles. The third kappa shape index (κ3) is 37.5. The Labute approximate surface area is 265 Å². The van der Waals surface area contributed by atoms with Gasteiger partial charge in [0.15, 0.2) is 0 Å². The Morgan fingerprint density at radius 3 is 0.976 bits per heavy atom. The van der Waals surface area contributed by atoms with Gasteiger partial charge in [-0.3, -0.25) is 4.79 Å². The van der Waals surface area contributed by atoms with Gasteiger partial charge in [-0.1, -0.05) is 200 Å². The van der Waals surface area contributed by atoms with Crippen molar-refractivity contribution in [1.29, 1.82) is 0 Å². The maximum Gasteiger partial charge on any atom is 0.305 e. The van der Waals surface area contributed by atoms with E-state index >= 15 is 0 Å². The molecule has 0 rings (SSSR count). The summed E-state index contributed by atoms with van der Waals surface area (Å²) in [5.41, 5.74) is 0. The van der Waals surface area contributed by atoms with Crippen molar-refractivity contribution in [2.75, 3.05) is 19.8 Å². The lowest BCUT2D eigenvalue weighted by Crippen LogP contribution is -2.08. The van der Waals surface area contributed by atoms with Crippen LogP contribution in [-0.2, 0) is 14.3 Å². The summed E-state index contributed by atoms with van der Waals surface area (Å²) in [6, 6.07) is 0. The summed E-state index contributed by atoms with van der Waals surface area (Å²) < 4.78 is 11.1. The SMILES string of the molecule is CCCCCCCCCCCCCCCCCCOCCCOC(=O)CCCCCCCCCCCCCCCCC. The lowest BCUT2D eigenvalue weighted by atomic mass is 10.0. The predicted molar refractivity (Wildman–Crippen MR) is 185 cm³/mol. The highest BCUT2D eigenvalue weighted by Crippen LogP contribution is 2.15. The Bertz CT molecular complexity index is 492. The topological polar surface area (TPSA) is 35.5 Å². The van der Waals surface area contributed by atoms with Crippen LogP contribution in [0, 0.1) is 0 Å². The molecule has 0 spiro atoms. The molecular weight excluding hydrogens is 516 g/mol. The molecule has 0 radical (unpaired) electrons. The van der Waals surface area contributed by atoms with Crippen LogP contribution in [0.5, 0.6) is 0 Å². The van der Waals surface area contributed by atoms with Crippen molar-refractivity contribution in [3.05, 3.63) is 0 Å². The van der Waals surface area contributed by atoms with Crippen LogP contribution in [0.2, 0.25) is 0 Å². The minimum absolute atomic E-state index is 0.0255. The van der Waals surface area contributed by atoms with Crippen molar-refractivity contribution in [3.8, 4) is 0 Å². The minimum atomic E-state index is -0.0255. The fraction of sp³-hybridized carbons (Fsp3) is 0.974. The van der Waals surface area contributed by atoms with E-state index in [9.17, 15) is 4.79 Å². The molecule has 0 aromatic rings. The first-order chi connectivity index (χ1) is 20.8. The molecule has 3 heteroatoms. The number of carbonyl (C=O) groups excluding carboxylic acids is 1. The first-order valence-corrected chi connectivity index (χ1v) is 19.5. The molecule has 42 heavy (non-hydrogen) atoms. The summed E-state index contributed by atoms with van der Waals surface area (Å²) in [4.78, 5) is 11.9. The summed E-state index contributed by atoms with van der Waals surface area (Å²) in [6.07, 6.45) is 44.0. The molecule has 3 nitrogen and oxygen atoms in total. The van der Waals surface area contributed by atoms with Crippen LogP contribution in [0.1, 0.15) is 226 Å². The van der Waals surface area contributed by atoms with E-state index in [1.165, 1.54) is 180 Å². The lowest BCUT2D eigenvalue weighted by molar-refractivity contribution is -0.144. The van der Waals surface area contributed by atoms with Gasteiger partial charge in [0, 0.05) is 26.1 Å². The fourth-order valence-corrected chi connectivity index (χ4v) is 5.91. The second kappa shape index (κ2) is 38.5. The highest BCUT2D eigenvalue weighted by molar-refractivity contribution is 5.69. The number of unbranched alkanes of at least 4 members (excludes halogenated alkanes) is 29. The normalized spacial score (nSPS) is 11.4. The smallest absolute Gasteiger partial charge is 0.305 e. The number of carbonyl (C=O) groups is 1. The van der Waals surface area contributed by atoms with Gasteiger partial charge in [0.05, 0.1) is 6.61 Å². The third-order valence-corrected chi connectivity index (χ3v) is 8.82. The van der Waals surface area contributed by atoms with Gasteiger partial charge < -0.3 is 9.47 Å². The van der Waals surface area contributed by atoms with Gasteiger partial charge in [-0.25, -0.2) is 0 Å². The Hall–Kier alpha value is -0.570. The van der Waals surface area contributed by atoms with Crippen LogP contribution in [0.3, 0.4) is 0 Å². The van der Waals surface area contributed by atoms with E-state index in [1.807, 2.05) is 0 Å². The zero-order chi connectivity index (χ0) is 30.4. The van der Waals surface area contributed by atoms with Crippen molar-refractivity contribution >= 4 is 5.97 Å². The number of hydrogen-bond donors (Lipinski definition) is 0. The predicted octanol–water partition coefficient (Wildman–Crippen LogP) is 13.5. The van der Waals surface area contributed by atoms with E-state index in [-0.39, 0.29) is 5.97 Å². The number of hydrogen-bond acceptors (Lipinski definition) is 3. The molecule has 0 saturated heterocycles. The Morgan fingerprint density at radius 2 is 0.619 bits per heavy atom. The van der Waals surface area contributed by atoms with E-state index in [4.69, 9.17) is 9.47 Å². The quantitative estimate of drug-likeness (QED) is 0.0530. The minimum Gasteiger partial charge on any atom is -0.466 e. The standard InChI is InChI=1S/C39H78O3/c1-3-5-7-9-11-13-15-17-19-21-23-25-27-29-31-33-36-41-37-34-38-42-39(40)35-32-30-28-26-24-22-20-18-16-14-12-10-8-6-4-2/h3-38H2,1-2H3. The lowest BCUT2D eigenvalue weighted by Gasteiger charge is -2.07. The van der Waals surface area contributed by atoms with Gasteiger partial charge in [0.25, 0.3) is 0 Å². The van der Waals surface area contributed by atoms with Gasteiger partial charge in [-0.2, -0.15) is 0 Å². The van der Waals surface area contributed by atoms with Crippen molar-refractivity contribution in [2.24, 2.45) is 0 Å². The van der Waals surface area contributed by atoms with Crippen molar-refractivity contribution < 1.29 is 14.3 Å². The molecule has 252 valence electrons. The summed E-state index contributed by atoms with van der Waals surface area (Å²) in [7, 11) is 0. The average molecular weight is 595 g/mol. The number of rotatable bonds is 37. The van der Waals surface area contributed by atoms with Gasteiger partial charge >= 0.3 is 5.97 Å². The monoisotopic (exact) mass is 595 g/mol. The van der Waals surface area contributed by atoms with Crippen LogP contribution in [0.25, 0.3) is 0 Å². The van der Waals surface area contributed by atoms with Gasteiger partial charge in [-0.05, 0) is 12.8 Å². The zero-order valence-corrected chi connectivity index (χ0v) is 29.2. The molecule has 0 amide bonds. The molecule has 0 fully saturated rings. The summed E-state index contributed by atoms with van der Waals surface area (Å²) in [6.45, 7) is 6.66. The van der Waals surface area contributed by atoms with E-state index in [2.05, 4.69) is 13.8 Å². The second-order valence-electron chi connectivity index (χ2n) is 13.2. The zero-order valence-electron chi connectivity index (χ0n) is 29.2. The van der Waals surface area contributed by atoms with E-state index in [0.717, 1.165) is 32.3 Å². The molecule has 0 aliphatic rings. The molecule has 0 N–H and O–H groups in total. The van der Waals surface area contributed by atoms with Gasteiger partial charge in [-0.15, -0.1) is 0 Å². The van der Waals surface area contributed by atoms with Gasteiger partial charge in [0.1, 0.15) is 0 Å². The molecule has 0 aromatic heterocycles. The summed E-state index contributed by atoms with van der Waals surface area (Å²) in [5, 5.41) is 0. The molecule has 0 atom stereocenters. The molecule has 0 aromatic carbocycles. The highest BCUT2D eigenvalue weighted by atomic mass is 16.5. The van der Waals surface area contributed by atoms with Crippen LogP contribution in [-0.4, -0.2) is 25.8 Å². The molecule has 0 aliphatic heterocycles. The molecule has 0 saturated carbocycles. The van der Waals surface area contributed by atoms with E-state index < -0.39 is 0 Å². The second-order valence-corrected chi connectivity index (χ2v) is 13.2. The van der Waals surface area contributed by atoms with Crippen LogP contribution in [0.15, 0.2) is 0 Å². The maximum absolute atomic E-state index is 11.9. The van der Waals surface area contributed by atoms with Crippen molar-refractivity contribution in [2.45, 2.75) is 226 Å². The van der Waals surface area contributed by atoms with E-state index in [0.29, 0.717) is 19.6 Å². The van der Waals surface area contributed by atoms with Crippen molar-refractivity contribution in [3.63, 3.8) is 0 Å². The first-order valence-electron chi connectivity index (χ1n) is 19.5. The van der Waals surface area contributed by atoms with Crippen LogP contribution >= 0.6 is 0 Å². The molecule has 0 bridgehead atoms. The first kappa shape index (κ1) is 41.4. The van der Waals surface area contributed by atoms with Crippen molar-refractivity contribution in [1.82, 2.24) is 0 Å². The molecule has 0 unspecified atom stereocenters. The largest absolute Gasteiger partial charge is 0.466 e. The Kier molecular flexibility index (Phi) is 37.9. The maximum atomic E-state index is 11.9. The molecule has 0 aliphatic carbocycles. The number of esters is 1. The van der Waals surface area contributed by atoms with E-state index in [1.54, 1.807) is 0 Å². The molecular formula is C39H78O3. The average Bonchev–Trinajstić information content (AvgIpc) is 3.00. The van der Waals surface area contributed by atoms with Crippen LogP contribution in [0.4, 0.5) is 0 Å².